The van der Waals surface area contributed by atoms with Crippen LogP contribution in [0.25, 0.3) is 5.65 Å². The summed E-state index contributed by atoms with van der Waals surface area (Å²) in [6, 6.07) is 2.27. The molecule has 0 radical (unpaired) electrons. The Kier molecular flexibility index (Phi) is 2.76. The summed E-state index contributed by atoms with van der Waals surface area (Å²) in [5.74, 6) is 0. The summed E-state index contributed by atoms with van der Waals surface area (Å²) in [6.45, 7) is 13.5. The topological polar surface area (TPSA) is 21.2 Å². The Hall–Kier alpha value is -1.38. The molecule has 0 fully saturated rings. The lowest BCUT2D eigenvalue weighted by Gasteiger charge is -2.23. The number of rotatable bonds is 0. The van der Waals surface area contributed by atoms with Crippen LogP contribution in [0.4, 0.5) is 0 Å². The molecule has 2 heterocycles. The fourth-order valence-electron chi connectivity index (χ4n) is 2.42. The Morgan fingerprint density at radius 2 is 1.67 bits per heavy atom. The summed E-state index contributed by atoms with van der Waals surface area (Å²) < 4.78 is 4.21. The van der Waals surface area contributed by atoms with Gasteiger partial charge >= 0.3 is 5.65 Å². The molecule has 0 saturated heterocycles. The molecule has 0 N–H and O–H groups in total. The van der Waals surface area contributed by atoms with E-state index in [2.05, 4.69) is 68.8 Å². The summed E-state index contributed by atoms with van der Waals surface area (Å²) in [5, 5.41) is 4.54. The summed E-state index contributed by atoms with van der Waals surface area (Å²) in [6.07, 6.45) is 3.85. The third kappa shape index (κ3) is 2.02. The highest BCUT2D eigenvalue weighted by Gasteiger charge is 2.34. The van der Waals surface area contributed by atoms with Gasteiger partial charge in [0.2, 0.25) is 0 Å². The predicted octanol–water partition coefficient (Wildman–Crippen LogP) is 2.75. The van der Waals surface area contributed by atoms with Crippen LogP contribution in [0.1, 0.15) is 52.8 Å². The summed E-state index contributed by atoms with van der Waals surface area (Å²) >= 11 is 0. The van der Waals surface area contributed by atoms with Crippen LogP contribution in [-0.4, -0.2) is 9.61 Å². The van der Waals surface area contributed by atoms with E-state index in [-0.39, 0.29) is 10.8 Å². The van der Waals surface area contributed by atoms with Gasteiger partial charge in [-0.05, 0) is 5.41 Å². The van der Waals surface area contributed by atoms with Crippen molar-refractivity contribution in [3.05, 3.63) is 29.7 Å². The third-order valence-corrected chi connectivity index (χ3v) is 3.31. The largest absolute Gasteiger partial charge is 0.307 e. The SMILES string of the molecule is C[n+]1ccnn2c(C(C)(C)C)c(C(C)(C)C)cc21. The molecule has 0 unspecified atom stereocenters. The molecule has 0 atom stereocenters. The number of fused-ring (bicyclic) bond motifs is 1. The van der Waals surface area contributed by atoms with Crippen molar-refractivity contribution >= 4 is 5.65 Å². The van der Waals surface area contributed by atoms with E-state index in [1.54, 1.807) is 0 Å². The molecule has 98 valence electrons. The van der Waals surface area contributed by atoms with E-state index < -0.39 is 0 Å². The third-order valence-electron chi connectivity index (χ3n) is 3.31. The first kappa shape index (κ1) is 13.1. The van der Waals surface area contributed by atoms with Gasteiger partial charge in [0.05, 0.1) is 7.05 Å². The number of hydrogen-bond donors (Lipinski definition) is 0. The minimum absolute atomic E-state index is 0.0797. The summed E-state index contributed by atoms with van der Waals surface area (Å²) in [7, 11) is 2.07. The van der Waals surface area contributed by atoms with Crippen LogP contribution in [-0.2, 0) is 17.9 Å². The Labute approximate surface area is 109 Å². The average molecular weight is 246 g/mol. The molecule has 0 aliphatic rings. The van der Waals surface area contributed by atoms with Gasteiger partial charge in [0.15, 0.2) is 0 Å². The van der Waals surface area contributed by atoms with Crippen molar-refractivity contribution in [2.24, 2.45) is 7.05 Å². The zero-order valence-electron chi connectivity index (χ0n) is 12.6. The van der Waals surface area contributed by atoms with Crippen molar-refractivity contribution in [2.75, 3.05) is 0 Å². The maximum absolute atomic E-state index is 4.54. The lowest BCUT2D eigenvalue weighted by molar-refractivity contribution is -0.649. The van der Waals surface area contributed by atoms with Gasteiger partial charge in [-0.2, -0.15) is 0 Å². The van der Waals surface area contributed by atoms with Crippen molar-refractivity contribution in [1.29, 1.82) is 0 Å². The van der Waals surface area contributed by atoms with Gasteiger partial charge in [0.25, 0.3) is 0 Å². The van der Waals surface area contributed by atoms with Gasteiger partial charge in [-0.3, -0.25) is 0 Å². The second-order valence-electron chi connectivity index (χ2n) is 7.10. The number of hydrogen-bond acceptors (Lipinski definition) is 1. The van der Waals surface area contributed by atoms with Crippen molar-refractivity contribution in [3.63, 3.8) is 0 Å². The summed E-state index contributed by atoms with van der Waals surface area (Å²) in [4.78, 5) is 0. The Morgan fingerprint density at radius 1 is 1.06 bits per heavy atom. The Morgan fingerprint density at radius 3 is 2.17 bits per heavy atom. The van der Waals surface area contributed by atoms with Crippen molar-refractivity contribution in [1.82, 2.24) is 9.61 Å². The molecule has 3 heteroatoms. The minimum atomic E-state index is 0.0797. The molecule has 2 rings (SSSR count). The van der Waals surface area contributed by atoms with Gasteiger partial charge in [-0.15, -0.1) is 4.52 Å². The normalized spacial score (nSPS) is 13.3. The van der Waals surface area contributed by atoms with Crippen LogP contribution in [0, 0.1) is 0 Å². The first-order valence-corrected chi connectivity index (χ1v) is 6.50. The van der Waals surface area contributed by atoms with Crippen LogP contribution in [0.5, 0.6) is 0 Å². The van der Waals surface area contributed by atoms with E-state index in [9.17, 15) is 0 Å². The Balaban J connectivity index is 2.91. The first-order valence-electron chi connectivity index (χ1n) is 6.50. The number of nitrogens with zero attached hydrogens (tertiary/aromatic N) is 3. The quantitative estimate of drug-likeness (QED) is 0.655. The van der Waals surface area contributed by atoms with Gasteiger partial charge < -0.3 is 0 Å². The van der Waals surface area contributed by atoms with Crippen molar-refractivity contribution < 1.29 is 4.57 Å². The van der Waals surface area contributed by atoms with Crippen LogP contribution >= 0.6 is 0 Å². The highest BCUT2D eigenvalue weighted by atomic mass is 15.3. The highest BCUT2D eigenvalue weighted by Crippen LogP contribution is 2.34. The molecule has 2 aromatic heterocycles. The van der Waals surface area contributed by atoms with E-state index >= 15 is 0 Å². The van der Waals surface area contributed by atoms with Crippen LogP contribution in [0.15, 0.2) is 18.5 Å². The number of aryl methyl sites for hydroxylation is 1. The zero-order chi connectivity index (χ0) is 13.7. The monoisotopic (exact) mass is 246 g/mol. The van der Waals surface area contributed by atoms with E-state index in [0.29, 0.717) is 0 Å². The zero-order valence-corrected chi connectivity index (χ0v) is 12.6. The van der Waals surface area contributed by atoms with Gasteiger partial charge in [0, 0.05) is 17.0 Å². The molecule has 2 aromatic rings. The maximum Gasteiger partial charge on any atom is 0.307 e. The molecular formula is C15H24N3+. The molecule has 0 spiro atoms. The molecule has 0 aliphatic heterocycles. The highest BCUT2D eigenvalue weighted by molar-refractivity contribution is 5.47. The van der Waals surface area contributed by atoms with Gasteiger partial charge in [-0.25, -0.2) is 4.57 Å². The van der Waals surface area contributed by atoms with Crippen molar-refractivity contribution in [3.8, 4) is 0 Å². The molecular weight excluding hydrogens is 222 g/mol. The second kappa shape index (κ2) is 3.81. The van der Waals surface area contributed by atoms with Crippen molar-refractivity contribution in [2.45, 2.75) is 52.4 Å². The molecule has 3 nitrogen and oxygen atoms in total. The first-order chi connectivity index (χ1) is 8.12. The molecule has 18 heavy (non-hydrogen) atoms. The maximum atomic E-state index is 4.54. The average Bonchev–Trinajstić information content (AvgIpc) is 2.56. The second-order valence-corrected chi connectivity index (χ2v) is 7.10. The minimum Gasteiger partial charge on any atom is -0.233 e. The predicted molar refractivity (Wildman–Crippen MR) is 73.8 cm³/mol. The number of aromatic nitrogens is 3. The van der Waals surface area contributed by atoms with E-state index in [0.717, 1.165) is 5.65 Å². The van der Waals surface area contributed by atoms with E-state index in [1.807, 2.05) is 12.4 Å². The Bertz CT molecular complexity index is 580. The smallest absolute Gasteiger partial charge is 0.233 e. The molecule has 0 bridgehead atoms. The van der Waals surface area contributed by atoms with E-state index in [1.165, 1.54) is 11.3 Å². The lowest BCUT2D eigenvalue weighted by atomic mass is 9.80. The molecule has 0 aromatic carbocycles. The van der Waals surface area contributed by atoms with Crippen LogP contribution in [0.2, 0.25) is 0 Å². The molecule has 0 amide bonds. The van der Waals surface area contributed by atoms with Gasteiger partial charge in [-0.1, -0.05) is 46.6 Å². The van der Waals surface area contributed by atoms with E-state index in [4.69, 9.17) is 0 Å². The molecule has 0 aliphatic carbocycles. The molecule has 0 saturated carbocycles. The van der Waals surface area contributed by atoms with Crippen LogP contribution in [0.3, 0.4) is 0 Å². The fraction of sp³-hybridized carbons (Fsp3) is 0.600. The van der Waals surface area contributed by atoms with Crippen LogP contribution < -0.4 is 4.57 Å². The van der Waals surface area contributed by atoms with Gasteiger partial charge in [0.1, 0.15) is 18.1 Å². The standard InChI is InChI=1S/C15H24N3/c1-14(2,3)11-10-12-17(7)9-8-16-18(12)13(11)15(4,5)6/h8-10H,1-7H3/q+1. The summed E-state index contributed by atoms with van der Waals surface area (Å²) in [5.41, 5.74) is 4.04. The fourth-order valence-corrected chi connectivity index (χ4v) is 2.42. The lowest BCUT2D eigenvalue weighted by Crippen LogP contribution is -2.31.